The van der Waals surface area contributed by atoms with Crippen molar-refractivity contribution in [3.8, 4) is 0 Å². The summed E-state index contributed by atoms with van der Waals surface area (Å²) in [4.78, 5) is 0. The van der Waals surface area contributed by atoms with Gasteiger partial charge in [0.15, 0.2) is 0 Å². The molecule has 0 amide bonds. The number of hydrogen-bond acceptors (Lipinski definition) is 1. The Morgan fingerprint density at radius 1 is 0.333 bits per heavy atom. The molecule has 0 unspecified atom stereocenters. The van der Waals surface area contributed by atoms with E-state index in [9.17, 15) is 0 Å². The maximum absolute atomic E-state index is 3.93. The first-order chi connectivity index (χ1) is 16.3. The largest absolute Gasteiger partial charge is 0.314 e. The lowest BCUT2D eigenvalue weighted by Crippen LogP contribution is -2.30. The molecule has 1 heteroatoms. The minimum atomic E-state index is 0.791. The zero-order valence-electron chi connectivity index (χ0n) is 23.9. The second kappa shape index (κ2) is 30.0. The van der Waals surface area contributed by atoms with Crippen LogP contribution in [0.3, 0.4) is 0 Å². The van der Waals surface area contributed by atoms with Gasteiger partial charge in [-0.2, -0.15) is 0 Å². The van der Waals surface area contributed by atoms with E-state index in [2.05, 4.69) is 26.1 Å². The van der Waals surface area contributed by atoms with Gasteiger partial charge in [-0.25, -0.2) is 0 Å². The second-order valence-electron chi connectivity index (χ2n) is 11.0. The van der Waals surface area contributed by atoms with Crippen LogP contribution in [0.25, 0.3) is 0 Å². The molecule has 0 aromatic heterocycles. The molecule has 33 heavy (non-hydrogen) atoms. The Hall–Kier alpha value is -0.0400. The van der Waals surface area contributed by atoms with Crippen LogP contribution in [0.5, 0.6) is 0 Å². The summed E-state index contributed by atoms with van der Waals surface area (Å²) < 4.78 is 0. The predicted molar refractivity (Wildman–Crippen MR) is 153 cm³/mol. The van der Waals surface area contributed by atoms with E-state index in [0.717, 1.165) is 6.04 Å². The highest BCUT2D eigenvalue weighted by molar-refractivity contribution is 4.68. The molecule has 0 aliphatic heterocycles. The van der Waals surface area contributed by atoms with Crippen molar-refractivity contribution < 1.29 is 0 Å². The zero-order valence-corrected chi connectivity index (χ0v) is 23.9. The number of hydrogen-bond donors (Lipinski definition) is 1. The minimum Gasteiger partial charge on any atom is -0.314 e. The van der Waals surface area contributed by atoms with Crippen LogP contribution in [0.4, 0.5) is 0 Å². The molecule has 0 fully saturated rings. The molecule has 0 aliphatic carbocycles. The van der Waals surface area contributed by atoms with Crippen molar-refractivity contribution in [2.24, 2.45) is 0 Å². The molecule has 0 atom stereocenters. The SMILES string of the molecule is CCCCCCCCCCCCCC(CCCCCCCCCCCCC)NCCCCC. The summed E-state index contributed by atoms with van der Waals surface area (Å²) in [6.07, 6.45) is 38.9. The summed E-state index contributed by atoms with van der Waals surface area (Å²) in [6, 6.07) is 0.791. The van der Waals surface area contributed by atoms with Crippen molar-refractivity contribution in [3.63, 3.8) is 0 Å². The Labute approximate surface area is 212 Å². The van der Waals surface area contributed by atoms with Crippen molar-refractivity contribution >= 4 is 0 Å². The van der Waals surface area contributed by atoms with E-state index in [-0.39, 0.29) is 0 Å². The first-order valence-electron chi connectivity index (χ1n) is 16.1. The lowest BCUT2D eigenvalue weighted by Gasteiger charge is -2.19. The van der Waals surface area contributed by atoms with E-state index in [4.69, 9.17) is 0 Å². The molecule has 0 radical (unpaired) electrons. The van der Waals surface area contributed by atoms with Crippen molar-refractivity contribution in [1.29, 1.82) is 0 Å². The third-order valence-electron chi connectivity index (χ3n) is 7.53. The van der Waals surface area contributed by atoms with Gasteiger partial charge in [-0.3, -0.25) is 0 Å². The monoisotopic (exact) mass is 466 g/mol. The molecule has 0 bridgehead atoms. The number of rotatable bonds is 29. The fourth-order valence-corrected chi connectivity index (χ4v) is 5.14. The molecule has 1 N–H and O–H groups in total. The molecule has 0 aromatic carbocycles. The van der Waals surface area contributed by atoms with Gasteiger partial charge < -0.3 is 5.32 Å². The minimum absolute atomic E-state index is 0.791. The Bertz CT molecular complexity index is 300. The standard InChI is InChI=1S/C32H67N/c1-4-7-10-12-14-16-18-20-22-24-26-29-32(33-31-28-9-6-3)30-27-25-23-21-19-17-15-13-11-8-5-2/h32-33H,4-31H2,1-3H3. The van der Waals surface area contributed by atoms with Gasteiger partial charge in [0.1, 0.15) is 0 Å². The topological polar surface area (TPSA) is 12.0 Å². The van der Waals surface area contributed by atoms with E-state index >= 15 is 0 Å². The van der Waals surface area contributed by atoms with Crippen molar-refractivity contribution in [2.75, 3.05) is 6.54 Å². The molecule has 0 heterocycles. The highest BCUT2D eigenvalue weighted by Crippen LogP contribution is 2.16. The smallest absolute Gasteiger partial charge is 0.00670 e. The summed E-state index contributed by atoms with van der Waals surface area (Å²) in [5, 5.41) is 3.93. The fourth-order valence-electron chi connectivity index (χ4n) is 5.14. The average Bonchev–Trinajstić information content (AvgIpc) is 2.83. The van der Waals surface area contributed by atoms with Gasteiger partial charge in [-0.1, -0.05) is 175 Å². The van der Waals surface area contributed by atoms with Crippen molar-refractivity contribution in [2.45, 2.75) is 200 Å². The van der Waals surface area contributed by atoms with Crippen LogP contribution < -0.4 is 5.32 Å². The average molecular weight is 466 g/mol. The quantitative estimate of drug-likeness (QED) is 0.108. The summed E-state index contributed by atoms with van der Waals surface area (Å²) in [7, 11) is 0. The van der Waals surface area contributed by atoms with Crippen LogP contribution >= 0.6 is 0 Å². The van der Waals surface area contributed by atoms with E-state index < -0.39 is 0 Å². The molecule has 0 aliphatic rings. The first-order valence-corrected chi connectivity index (χ1v) is 16.1. The second-order valence-corrected chi connectivity index (χ2v) is 11.0. The number of unbranched alkanes of at least 4 members (excludes halogenated alkanes) is 22. The van der Waals surface area contributed by atoms with Gasteiger partial charge in [0.05, 0.1) is 0 Å². The normalized spacial score (nSPS) is 11.6. The molecular formula is C32H67N. The van der Waals surface area contributed by atoms with E-state index in [1.165, 1.54) is 180 Å². The van der Waals surface area contributed by atoms with Gasteiger partial charge in [-0.05, 0) is 25.8 Å². The molecule has 1 nitrogen and oxygen atoms in total. The van der Waals surface area contributed by atoms with Crippen LogP contribution in [0.2, 0.25) is 0 Å². The lowest BCUT2D eigenvalue weighted by molar-refractivity contribution is 0.406. The van der Waals surface area contributed by atoms with E-state index in [0.29, 0.717) is 0 Å². The van der Waals surface area contributed by atoms with Crippen LogP contribution in [-0.2, 0) is 0 Å². The molecule has 0 spiro atoms. The predicted octanol–water partition coefficient (Wildman–Crippen LogP) is 11.5. The summed E-state index contributed by atoms with van der Waals surface area (Å²) in [6.45, 7) is 8.18. The maximum atomic E-state index is 3.93. The van der Waals surface area contributed by atoms with Crippen LogP contribution in [0.15, 0.2) is 0 Å². The van der Waals surface area contributed by atoms with Crippen molar-refractivity contribution in [3.05, 3.63) is 0 Å². The van der Waals surface area contributed by atoms with Gasteiger partial charge in [-0.15, -0.1) is 0 Å². The lowest BCUT2D eigenvalue weighted by atomic mass is 9.99. The van der Waals surface area contributed by atoms with Gasteiger partial charge in [0.25, 0.3) is 0 Å². The molecule has 0 saturated heterocycles. The maximum Gasteiger partial charge on any atom is 0.00670 e. The van der Waals surface area contributed by atoms with Gasteiger partial charge in [0.2, 0.25) is 0 Å². The van der Waals surface area contributed by atoms with Gasteiger partial charge in [0, 0.05) is 6.04 Å². The molecule has 0 rings (SSSR count). The van der Waals surface area contributed by atoms with Crippen LogP contribution in [0.1, 0.15) is 194 Å². The fraction of sp³-hybridized carbons (Fsp3) is 1.00. The summed E-state index contributed by atoms with van der Waals surface area (Å²) >= 11 is 0. The Kier molecular flexibility index (Phi) is 30.0. The van der Waals surface area contributed by atoms with Crippen molar-refractivity contribution in [1.82, 2.24) is 5.32 Å². The highest BCUT2D eigenvalue weighted by atomic mass is 14.9. The zero-order chi connectivity index (χ0) is 24.1. The number of nitrogens with one attached hydrogen (secondary N) is 1. The third-order valence-corrected chi connectivity index (χ3v) is 7.53. The third kappa shape index (κ3) is 28.1. The summed E-state index contributed by atoms with van der Waals surface area (Å²) in [5.74, 6) is 0. The van der Waals surface area contributed by atoms with Gasteiger partial charge >= 0.3 is 0 Å². The highest BCUT2D eigenvalue weighted by Gasteiger charge is 2.07. The van der Waals surface area contributed by atoms with E-state index in [1.807, 2.05) is 0 Å². The molecular weight excluding hydrogens is 398 g/mol. The Morgan fingerprint density at radius 2 is 0.606 bits per heavy atom. The van der Waals surface area contributed by atoms with Crippen LogP contribution in [0, 0.1) is 0 Å². The molecule has 200 valence electrons. The molecule has 0 saturated carbocycles. The van der Waals surface area contributed by atoms with Crippen LogP contribution in [-0.4, -0.2) is 12.6 Å². The summed E-state index contributed by atoms with van der Waals surface area (Å²) in [5.41, 5.74) is 0. The van der Waals surface area contributed by atoms with E-state index in [1.54, 1.807) is 0 Å². The molecule has 0 aromatic rings. The first kappa shape index (κ1) is 33.0. The Balaban J connectivity index is 3.67. The Morgan fingerprint density at radius 3 is 0.939 bits per heavy atom.